The SMILES string of the molecule is CP(=O)(O)CCC(N)C(=O)O.Cc1nn(-c2cc(NS(C)(=O)=O)c(Cl)cc2Cl)c(=O)n1C(F)F.N#Cc1cc(Br)c(O)c(Br)c1. The number of benzene rings is 2. The summed E-state index contributed by atoms with van der Waals surface area (Å²) >= 11 is 18.1. The van der Waals surface area contributed by atoms with E-state index in [2.05, 4.69) is 41.7 Å². The number of carbonyl (C=O) groups is 1. The van der Waals surface area contributed by atoms with Crippen molar-refractivity contribution in [3.8, 4) is 17.5 Å². The van der Waals surface area contributed by atoms with E-state index in [-0.39, 0.29) is 50.1 Å². The molecule has 22 heteroatoms. The van der Waals surface area contributed by atoms with E-state index in [1.54, 1.807) is 12.1 Å². The number of halogens is 6. The largest absolute Gasteiger partial charge is 0.506 e. The molecule has 0 fully saturated rings. The van der Waals surface area contributed by atoms with E-state index < -0.39 is 41.6 Å². The summed E-state index contributed by atoms with van der Waals surface area (Å²) < 4.78 is 63.0. The van der Waals surface area contributed by atoms with Gasteiger partial charge in [-0.05, 0) is 69.5 Å². The van der Waals surface area contributed by atoms with Crippen molar-refractivity contribution in [2.45, 2.75) is 25.9 Å². The number of sulfonamides is 1. The molecule has 2 unspecified atom stereocenters. The van der Waals surface area contributed by atoms with Crippen molar-refractivity contribution >= 4 is 84.1 Å². The molecule has 2 atom stereocenters. The minimum absolute atomic E-state index is 0.0257. The smallest absolute Gasteiger partial charge is 0.355 e. The fourth-order valence-electron chi connectivity index (χ4n) is 2.97. The standard InChI is InChI=1S/C11H10Cl2F2N4O3S.C7H3Br2NO.C5H12NO4P/c1-5-16-19(11(20)18(5)10(14)15)9-4-8(17-23(2,21)22)6(12)3-7(9)13;8-5-1-4(3-10)2-6(9)7(5)11;1-11(9,10)3-2-4(6)5(7)8/h3-4,10,17H,1-2H3;1-2,11H;4H,2-3,6H2,1H3,(H,7,8)(H,9,10). The van der Waals surface area contributed by atoms with Gasteiger partial charge in [0, 0.05) is 12.8 Å². The van der Waals surface area contributed by atoms with Crippen molar-refractivity contribution in [2.75, 3.05) is 23.8 Å². The van der Waals surface area contributed by atoms with Crippen LogP contribution in [-0.4, -0.2) is 69.0 Å². The van der Waals surface area contributed by atoms with Gasteiger partial charge in [0.2, 0.25) is 10.0 Å². The van der Waals surface area contributed by atoms with Crippen LogP contribution in [-0.2, 0) is 19.4 Å². The van der Waals surface area contributed by atoms with E-state index >= 15 is 0 Å². The quantitative estimate of drug-likeness (QED) is 0.192. The van der Waals surface area contributed by atoms with Gasteiger partial charge in [0.25, 0.3) is 0 Å². The first kappa shape index (κ1) is 40.5. The third-order valence-corrected chi connectivity index (χ3v) is 8.56. The Morgan fingerprint density at radius 3 is 2.16 bits per heavy atom. The lowest BCUT2D eigenvalue weighted by Gasteiger charge is -2.10. The highest BCUT2D eigenvalue weighted by molar-refractivity contribution is 9.11. The maximum absolute atomic E-state index is 12.8. The number of nitrogens with two attached hydrogens (primary N) is 1. The molecule has 14 nitrogen and oxygen atoms in total. The van der Waals surface area contributed by atoms with Crippen LogP contribution in [0.4, 0.5) is 14.5 Å². The van der Waals surface area contributed by atoms with E-state index in [1.807, 2.05) is 6.07 Å². The first-order valence-electron chi connectivity index (χ1n) is 11.8. The second-order valence-electron chi connectivity index (χ2n) is 8.96. The van der Waals surface area contributed by atoms with Gasteiger partial charge < -0.3 is 20.8 Å². The number of hydrogen-bond acceptors (Lipinski definition) is 9. The topological polar surface area (TPSA) is 231 Å². The minimum Gasteiger partial charge on any atom is -0.506 e. The lowest BCUT2D eigenvalue weighted by Crippen LogP contribution is -2.30. The second kappa shape index (κ2) is 16.8. The predicted octanol–water partition coefficient (Wildman–Crippen LogP) is 4.89. The molecule has 1 heterocycles. The van der Waals surface area contributed by atoms with Gasteiger partial charge in [0.15, 0.2) is 7.37 Å². The zero-order valence-electron chi connectivity index (χ0n) is 23.3. The molecule has 0 saturated carbocycles. The fraction of sp³-hybridized carbons (Fsp3) is 0.304. The summed E-state index contributed by atoms with van der Waals surface area (Å²) in [6, 6.07) is 6.35. The highest BCUT2D eigenvalue weighted by atomic mass is 79.9. The maximum Gasteiger partial charge on any atom is 0.355 e. The van der Waals surface area contributed by atoms with Gasteiger partial charge in [-0.2, -0.15) is 18.7 Å². The molecule has 3 aromatic rings. The van der Waals surface area contributed by atoms with Crippen molar-refractivity contribution in [1.29, 1.82) is 5.26 Å². The summed E-state index contributed by atoms with van der Waals surface area (Å²) in [5, 5.41) is 29.6. The first-order chi connectivity index (χ1) is 20.5. The summed E-state index contributed by atoms with van der Waals surface area (Å²) in [5.74, 6) is -1.25. The van der Waals surface area contributed by atoms with Crippen molar-refractivity contribution < 1.29 is 41.7 Å². The zero-order chi connectivity index (χ0) is 35.0. The summed E-state index contributed by atoms with van der Waals surface area (Å²) in [6.07, 6.45) is 0.902. The van der Waals surface area contributed by atoms with Gasteiger partial charge >= 0.3 is 18.2 Å². The number of anilines is 1. The number of aryl methyl sites for hydroxylation is 1. The highest BCUT2D eigenvalue weighted by Crippen LogP contribution is 2.36. The van der Waals surface area contributed by atoms with Crippen LogP contribution >= 0.6 is 62.4 Å². The molecule has 45 heavy (non-hydrogen) atoms. The lowest BCUT2D eigenvalue weighted by atomic mass is 10.2. The molecule has 248 valence electrons. The van der Waals surface area contributed by atoms with Crippen LogP contribution in [0.1, 0.15) is 24.4 Å². The molecular formula is C23H25Br2Cl2F2N6O8PS. The molecule has 0 saturated heterocycles. The number of nitriles is 1. The fourth-order valence-corrected chi connectivity index (χ4v) is 6.05. The van der Waals surface area contributed by atoms with Crippen LogP contribution in [0.15, 0.2) is 38.0 Å². The number of nitrogens with zero attached hydrogens (tertiary/aromatic N) is 4. The number of phenolic OH excluding ortho intramolecular Hbond substituents is 1. The molecule has 3 rings (SSSR count). The minimum atomic E-state index is -3.65. The number of carboxylic acid groups (broad SMARTS) is 1. The molecule has 0 aliphatic carbocycles. The molecule has 0 aliphatic heterocycles. The number of aromatic nitrogens is 3. The normalized spacial score (nSPS) is 13.0. The number of phenols is 1. The summed E-state index contributed by atoms with van der Waals surface area (Å²) in [6.45, 7) is -0.665. The molecular weight excluding hydrogens is 820 g/mol. The number of alkyl halides is 2. The Bertz CT molecular complexity index is 1790. The number of aliphatic carboxylic acids is 1. The molecule has 2 aromatic carbocycles. The number of rotatable bonds is 8. The summed E-state index contributed by atoms with van der Waals surface area (Å²) in [5.41, 5.74) is 4.32. The van der Waals surface area contributed by atoms with Gasteiger partial charge in [0.1, 0.15) is 17.6 Å². The Morgan fingerprint density at radius 2 is 1.76 bits per heavy atom. The Kier molecular flexibility index (Phi) is 15.1. The van der Waals surface area contributed by atoms with E-state index in [0.717, 1.165) is 12.3 Å². The van der Waals surface area contributed by atoms with Crippen LogP contribution in [0.5, 0.6) is 5.75 Å². The molecule has 0 radical (unpaired) electrons. The van der Waals surface area contributed by atoms with Crippen molar-refractivity contribution in [1.82, 2.24) is 14.3 Å². The molecule has 0 bridgehead atoms. The number of aromatic hydroxyl groups is 1. The predicted molar refractivity (Wildman–Crippen MR) is 171 cm³/mol. The Balaban J connectivity index is 0.000000384. The van der Waals surface area contributed by atoms with E-state index in [9.17, 15) is 36.5 Å². The van der Waals surface area contributed by atoms with Crippen LogP contribution in [0.3, 0.4) is 0 Å². The van der Waals surface area contributed by atoms with Crippen molar-refractivity contribution in [2.24, 2.45) is 5.73 Å². The number of carboxylic acids is 1. The first-order valence-corrected chi connectivity index (χ1v) is 18.3. The van der Waals surface area contributed by atoms with Gasteiger partial charge in [-0.3, -0.25) is 14.1 Å². The molecule has 0 spiro atoms. The molecule has 0 aliphatic rings. The molecule has 0 amide bonds. The summed E-state index contributed by atoms with van der Waals surface area (Å²) in [4.78, 5) is 30.9. The highest BCUT2D eigenvalue weighted by Gasteiger charge is 2.21. The zero-order valence-corrected chi connectivity index (χ0v) is 29.6. The van der Waals surface area contributed by atoms with Crippen LogP contribution < -0.4 is 16.1 Å². The van der Waals surface area contributed by atoms with E-state index in [0.29, 0.717) is 19.2 Å². The van der Waals surface area contributed by atoms with E-state index in [4.69, 9.17) is 44.2 Å². The number of hydrogen-bond donors (Lipinski definition) is 5. The van der Waals surface area contributed by atoms with Gasteiger partial charge in [0.05, 0.1) is 48.3 Å². The van der Waals surface area contributed by atoms with Gasteiger partial charge in [-0.1, -0.05) is 23.2 Å². The Morgan fingerprint density at radius 1 is 1.22 bits per heavy atom. The Labute approximate surface area is 282 Å². The Hall–Kier alpha value is -2.56. The maximum atomic E-state index is 12.8. The third-order valence-electron chi connectivity index (χ3n) is 5.05. The van der Waals surface area contributed by atoms with Crippen LogP contribution in [0.2, 0.25) is 10.0 Å². The average molecular weight is 845 g/mol. The number of nitrogens with one attached hydrogen (secondary N) is 1. The van der Waals surface area contributed by atoms with Crippen molar-refractivity contribution in [3.05, 3.63) is 65.1 Å². The average Bonchev–Trinajstić information content (AvgIpc) is 3.20. The van der Waals surface area contributed by atoms with Crippen LogP contribution in [0.25, 0.3) is 5.69 Å². The van der Waals surface area contributed by atoms with Gasteiger partial charge in [-0.15, -0.1) is 5.10 Å². The third kappa shape index (κ3) is 13.0. The summed E-state index contributed by atoms with van der Waals surface area (Å²) in [7, 11) is -6.75. The molecule has 6 N–H and O–H groups in total. The van der Waals surface area contributed by atoms with Crippen molar-refractivity contribution in [3.63, 3.8) is 0 Å². The monoisotopic (exact) mass is 842 g/mol. The van der Waals surface area contributed by atoms with Crippen LogP contribution in [0, 0.1) is 18.3 Å². The lowest BCUT2D eigenvalue weighted by molar-refractivity contribution is -0.138. The van der Waals surface area contributed by atoms with Gasteiger partial charge in [-0.25, -0.2) is 17.8 Å². The van der Waals surface area contributed by atoms with E-state index in [1.165, 1.54) is 19.7 Å². The molecule has 1 aromatic heterocycles. The second-order valence-corrected chi connectivity index (χ2v) is 15.8.